The second-order valence-electron chi connectivity index (χ2n) is 5.24. The average Bonchev–Trinajstić information content (AvgIpc) is 2.54. The molecule has 0 aliphatic heterocycles. The predicted octanol–water partition coefficient (Wildman–Crippen LogP) is 3.22. The summed E-state index contributed by atoms with van der Waals surface area (Å²) < 4.78 is 0. The van der Waals surface area contributed by atoms with E-state index in [0.29, 0.717) is 12.2 Å². The quantitative estimate of drug-likeness (QED) is 0.655. The van der Waals surface area contributed by atoms with Crippen molar-refractivity contribution in [2.24, 2.45) is 0 Å². The molecule has 0 bridgehead atoms. The summed E-state index contributed by atoms with van der Waals surface area (Å²) in [6.07, 6.45) is 3.59. The summed E-state index contributed by atoms with van der Waals surface area (Å²) in [6.45, 7) is 2.72. The van der Waals surface area contributed by atoms with Gasteiger partial charge in [-0.2, -0.15) is 0 Å². The molecule has 0 radical (unpaired) electrons. The minimum atomic E-state index is -0.361. The third kappa shape index (κ3) is 3.59. The van der Waals surface area contributed by atoms with Gasteiger partial charge >= 0.3 is 0 Å². The summed E-state index contributed by atoms with van der Waals surface area (Å²) in [5.41, 5.74) is 2.65. The van der Waals surface area contributed by atoms with E-state index in [1.165, 1.54) is 0 Å². The second kappa shape index (κ2) is 7.00. The number of hydrogen-bond acceptors (Lipinski definition) is 5. The number of nitrogens with zero attached hydrogens (tertiary/aromatic N) is 3. The molecule has 0 saturated carbocycles. The van der Waals surface area contributed by atoms with Crippen LogP contribution in [-0.4, -0.2) is 28.9 Å². The summed E-state index contributed by atoms with van der Waals surface area (Å²) in [7, 11) is 3.67. The van der Waals surface area contributed by atoms with Crippen LogP contribution in [0.15, 0.2) is 42.7 Å². The Balaban J connectivity index is 2.16. The lowest BCUT2D eigenvalue weighted by atomic mass is 10.1. The number of nitro benzene ring substituents is 1. The molecule has 2 aromatic rings. The van der Waals surface area contributed by atoms with Gasteiger partial charge in [-0.3, -0.25) is 20.0 Å². The summed E-state index contributed by atoms with van der Waals surface area (Å²) >= 11 is 0. The van der Waals surface area contributed by atoms with Crippen LogP contribution in [0.4, 0.5) is 11.4 Å². The Kier molecular flexibility index (Phi) is 5.06. The SMILES string of the molecule is CNc1ccc(CN(C)C(C)c2cccnc2)cc1[N+](=O)[O-]. The number of nitrogens with one attached hydrogen (secondary N) is 1. The molecule has 0 amide bonds. The highest BCUT2D eigenvalue weighted by Gasteiger charge is 2.16. The van der Waals surface area contributed by atoms with E-state index in [0.717, 1.165) is 11.1 Å². The first-order chi connectivity index (χ1) is 10.5. The molecular formula is C16H20N4O2. The number of aromatic nitrogens is 1. The fourth-order valence-electron chi connectivity index (χ4n) is 2.34. The van der Waals surface area contributed by atoms with E-state index in [1.54, 1.807) is 25.4 Å². The maximum absolute atomic E-state index is 11.1. The maximum atomic E-state index is 11.1. The molecule has 1 unspecified atom stereocenters. The van der Waals surface area contributed by atoms with Crippen LogP contribution in [0.3, 0.4) is 0 Å². The van der Waals surface area contributed by atoms with Crippen LogP contribution in [0.1, 0.15) is 24.1 Å². The Labute approximate surface area is 129 Å². The van der Waals surface area contributed by atoms with E-state index < -0.39 is 0 Å². The molecule has 1 heterocycles. The van der Waals surface area contributed by atoms with E-state index >= 15 is 0 Å². The highest BCUT2D eigenvalue weighted by Crippen LogP contribution is 2.27. The highest BCUT2D eigenvalue weighted by molar-refractivity contribution is 5.62. The molecule has 6 heteroatoms. The summed E-state index contributed by atoms with van der Waals surface area (Å²) in [5, 5.41) is 14.0. The van der Waals surface area contributed by atoms with Gasteiger partial charge in [-0.1, -0.05) is 12.1 Å². The first kappa shape index (κ1) is 15.9. The van der Waals surface area contributed by atoms with Crippen LogP contribution >= 0.6 is 0 Å². The van der Waals surface area contributed by atoms with Crippen molar-refractivity contribution >= 4 is 11.4 Å². The van der Waals surface area contributed by atoms with Crippen molar-refractivity contribution in [2.45, 2.75) is 19.5 Å². The lowest BCUT2D eigenvalue weighted by molar-refractivity contribution is -0.384. The molecule has 1 aromatic carbocycles. The van der Waals surface area contributed by atoms with Crippen molar-refractivity contribution in [3.05, 3.63) is 64.0 Å². The van der Waals surface area contributed by atoms with Gasteiger partial charge < -0.3 is 5.32 Å². The van der Waals surface area contributed by atoms with Crippen molar-refractivity contribution in [1.82, 2.24) is 9.88 Å². The van der Waals surface area contributed by atoms with Crippen molar-refractivity contribution in [3.63, 3.8) is 0 Å². The Morgan fingerprint density at radius 1 is 1.41 bits per heavy atom. The number of anilines is 1. The first-order valence-corrected chi connectivity index (χ1v) is 7.08. The molecule has 2 rings (SSSR count). The smallest absolute Gasteiger partial charge is 0.292 e. The molecule has 0 saturated heterocycles. The van der Waals surface area contributed by atoms with Gasteiger partial charge in [0.1, 0.15) is 5.69 Å². The normalized spacial score (nSPS) is 12.2. The van der Waals surface area contributed by atoms with Gasteiger partial charge in [0.05, 0.1) is 4.92 Å². The Morgan fingerprint density at radius 2 is 2.18 bits per heavy atom. The average molecular weight is 300 g/mol. The number of pyridine rings is 1. The lowest BCUT2D eigenvalue weighted by Gasteiger charge is -2.24. The molecular weight excluding hydrogens is 280 g/mol. The Hall–Kier alpha value is -2.47. The Bertz CT molecular complexity index is 646. The van der Waals surface area contributed by atoms with E-state index in [-0.39, 0.29) is 16.7 Å². The van der Waals surface area contributed by atoms with E-state index in [4.69, 9.17) is 0 Å². The summed E-state index contributed by atoms with van der Waals surface area (Å²) in [4.78, 5) is 17.0. The van der Waals surface area contributed by atoms with Crippen LogP contribution in [-0.2, 0) is 6.54 Å². The fraction of sp³-hybridized carbons (Fsp3) is 0.312. The fourth-order valence-corrected chi connectivity index (χ4v) is 2.34. The molecule has 116 valence electrons. The summed E-state index contributed by atoms with van der Waals surface area (Å²) in [5.74, 6) is 0. The molecule has 1 atom stereocenters. The number of rotatable bonds is 6. The van der Waals surface area contributed by atoms with Gasteiger partial charge in [0.15, 0.2) is 0 Å². The molecule has 22 heavy (non-hydrogen) atoms. The van der Waals surface area contributed by atoms with Gasteiger partial charge in [-0.15, -0.1) is 0 Å². The van der Waals surface area contributed by atoms with Gasteiger partial charge in [0.2, 0.25) is 0 Å². The zero-order valence-corrected chi connectivity index (χ0v) is 13.0. The Morgan fingerprint density at radius 3 is 2.77 bits per heavy atom. The molecule has 0 spiro atoms. The van der Waals surface area contributed by atoms with Crippen LogP contribution in [0.25, 0.3) is 0 Å². The molecule has 0 aliphatic carbocycles. The first-order valence-electron chi connectivity index (χ1n) is 7.08. The van der Waals surface area contributed by atoms with Crippen molar-refractivity contribution < 1.29 is 4.92 Å². The highest BCUT2D eigenvalue weighted by atomic mass is 16.6. The van der Waals surface area contributed by atoms with E-state index in [9.17, 15) is 10.1 Å². The number of nitro groups is 1. The molecule has 1 N–H and O–H groups in total. The van der Waals surface area contributed by atoms with Crippen molar-refractivity contribution in [3.8, 4) is 0 Å². The van der Waals surface area contributed by atoms with Gasteiger partial charge in [0, 0.05) is 38.1 Å². The number of hydrogen-bond donors (Lipinski definition) is 1. The minimum absolute atomic E-state index is 0.0995. The zero-order chi connectivity index (χ0) is 16.1. The van der Waals surface area contributed by atoms with Crippen LogP contribution in [0.5, 0.6) is 0 Å². The third-order valence-corrected chi connectivity index (χ3v) is 3.79. The van der Waals surface area contributed by atoms with Crippen molar-refractivity contribution in [2.75, 3.05) is 19.4 Å². The van der Waals surface area contributed by atoms with E-state index in [1.807, 2.05) is 31.4 Å². The topological polar surface area (TPSA) is 71.3 Å². The molecule has 0 fully saturated rings. The van der Waals surface area contributed by atoms with E-state index in [2.05, 4.69) is 22.1 Å². The maximum Gasteiger partial charge on any atom is 0.292 e. The molecule has 6 nitrogen and oxygen atoms in total. The summed E-state index contributed by atoms with van der Waals surface area (Å²) in [6, 6.07) is 9.39. The van der Waals surface area contributed by atoms with Crippen molar-refractivity contribution in [1.29, 1.82) is 0 Å². The zero-order valence-electron chi connectivity index (χ0n) is 13.0. The molecule has 1 aromatic heterocycles. The minimum Gasteiger partial charge on any atom is -0.383 e. The third-order valence-electron chi connectivity index (χ3n) is 3.79. The standard InChI is InChI=1S/C16H20N4O2/c1-12(14-5-4-8-18-10-14)19(3)11-13-6-7-15(17-2)16(9-13)20(21)22/h4-10,12,17H,11H2,1-3H3. The molecule has 0 aliphatic rings. The predicted molar refractivity (Wildman–Crippen MR) is 86.8 cm³/mol. The van der Waals surface area contributed by atoms with Gasteiger partial charge in [-0.25, -0.2) is 0 Å². The van der Waals surface area contributed by atoms with Gasteiger partial charge in [-0.05, 0) is 37.2 Å². The van der Waals surface area contributed by atoms with Crippen LogP contribution < -0.4 is 5.32 Å². The van der Waals surface area contributed by atoms with Crippen LogP contribution in [0, 0.1) is 10.1 Å². The lowest BCUT2D eigenvalue weighted by Crippen LogP contribution is -2.22. The largest absolute Gasteiger partial charge is 0.383 e. The van der Waals surface area contributed by atoms with Gasteiger partial charge in [0.25, 0.3) is 5.69 Å². The van der Waals surface area contributed by atoms with Crippen LogP contribution in [0.2, 0.25) is 0 Å². The second-order valence-corrected chi connectivity index (χ2v) is 5.24. The monoisotopic (exact) mass is 300 g/mol. The number of benzene rings is 1.